The van der Waals surface area contributed by atoms with Gasteiger partial charge in [-0.3, -0.25) is 19.0 Å². The summed E-state index contributed by atoms with van der Waals surface area (Å²) in [6.45, 7) is 1.47. The number of nitrogens with one attached hydrogen (secondary N) is 2. The van der Waals surface area contributed by atoms with E-state index in [-0.39, 0.29) is 35.8 Å². The number of hydroxylamine groups is 1. The van der Waals surface area contributed by atoms with Crippen LogP contribution in [0.2, 0.25) is 0 Å². The van der Waals surface area contributed by atoms with Gasteiger partial charge in [-0.15, -0.1) is 0 Å². The molecule has 7 nitrogen and oxygen atoms in total. The Hall–Kier alpha value is -2.71. The highest BCUT2D eigenvalue weighted by Crippen LogP contribution is 2.30. The first-order valence-electron chi connectivity index (χ1n) is 8.75. The van der Waals surface area contributed by atoms with Gasteiger partial charge in [0.05, 0.1) is 24.5 Å². The molecule has 0 fully saturated rings. The number of hydrogen-bond acceptors (Lipinski definition) is 5. The molecule has 1 aromatic carbocycles. The third-order valence-corrected chi connectivity index (χ3v) is 4.62. The molecule has 0 spiro atoms. The minimum Gasteiger partial charge on any atom is -0.394 e. The molecule has 3 rings (SSSR count). The standard InChI is InChI=1S/C19H22FN3O4/c1-11-6-7-15(14(20)10-11)21-17-16(18(25)22-27-9-8-24)12-4-3-5-13(12)19(26)23(17)2/h6-7,10,21,24H,3-5,8-9H2,1-2H3,(H,22,25). The van der Waals surface area contributed by atoms with E-state index in [0.29, 0.717) is 24.0 Å². The lowest BCUT2D eigenvalue weighted by molar-refractivity contribution is 0.0168. The summed E-state index contributed by atoms with van der Waals surface area (Å²) >= 11 is 0. The molecule has 1 amide bonds. The maximum absolute atomic E-state index is 14.3. The second-order valence-electron chi connectivity index (χ2n) is 6.51. The molecule has 2 aromatic rings. The predicted molar refractivity (Wildman–Crippen MR) is 98.6 cm³/mol. The Balaban J connectivity index is 2.09. The smallest absolute Gasteiger partial charge is 0.278 e. The van der Waals surface area contributed by atoms with Crippen LogP contribution in [0.3, 0.4) is 0 Å². The number of aromatic nitrogens is 1. The van der Waals surface area contributed by atoms with Crippen LogP contribution in [-0.2, 0) is 24.7 Å². The number of fused-ring (bicyclic) bond motifs is 1. The monoisotopic (exact) mass is 375 g/mol. The van der Waals surface area contributed by atoms with Crippen LogP contribution >= 0.6 is 0 Å². The van der Waals surface area contributed by atoms with Crippen LogP contribution in [0.25, 0.3) is 0 Å². The number of rotatable bonds is 6. The number of amides is 1. The van der Waals surface area contributed by atoms with Gasteiger partial charge in [-0.1, -0.05) is 6.07 Å². The van der Waals surface area contributed by atoms with Crippen LogP contribution < -0.4 is 16.4 Å². The summed E-state index contributed by atoms with van der Waals surface area (Å²) in [6.07, 6.45) is 1.95. The quantitative estimate of drug-likeness (QED) is 0.528. The molecule has 0 atom stereocenters. The van der Waals surface area contributed by atoms with Crippen molar-refractivity contribution in [3.8, 4) is 0 Å². The molecule has 1 aliphatic rings. The molecule has 144 valence electrons. The van der Waals surface area contributed by atoms with Crippen molar-refractivity contribution in [1.29, 1.82) is 0 Å². The van der Waals surface area contributed by atoms with E-state index in [2.05, 4.69) is 10.8 Å². The highest BCUT2D eigenvalue weighted by atomic mass is 19.1. The van der Waals surface area contributed by atoms with Crippen molar-refractivity contribution in [1.82, 2.24) is 10.0 Å². The number of carbonyl (C=O) groups excluding carboxylic acids is 1. The summed E-state index contributed by atoms with van der Waals surface area (Å²) in [5.74, 6) is -0.827. The maximum Gasteiger partial charge on any atom is 0.278 e. The lowest BCUT2D eigenvalue weighted by atomic mass is 10.0. The molecule has 27 heavy (non-hydrogen) atoms. The second kappa shape index (κ2) is 7.89. The number of aliphatic hydroxyl groups is 1. The minimum atomic E-state index is -0.549. The lowest BCUT2D eigenvalue weighted by Gasteiger charge is -2.19. The molecular formula is C19H22FN3O4. The van der Waals surface area contributed by atoms with Crippen molar-refractivity contribution < 1.29 is 19.1 Å². The number of aliphatic hydroxyl groups excluding tert-OH is 1. The highest BCUT2D eigenvalue weighted by Gasteiger charge is 2.28. The zero-order valence-electron chi connectivity index (χ0n) is 15.3. The van der Waals surface area contributed by atoms with Gasteiger partial charge in [0.25, 0.3) is 11.5 Å². The van der Waals surface area contributed by atoms with Crippen molar-refractivity contribution in [2.45, 2.75) is 26.2 Å². The normalized spacial score (nSPS) is 12.7. The Kier molecular flexibility index (Phi) is 5.57. The molecule has 0 saturated carbocycles. The summed E-state index contributed by atoms with van der Waals surface area (Å²) in [7, 11) is 1.54. The van der Waals surface area contributed by atoms with E-state index in [1.165, 1.54) is 10.6 Å². The van der Waals surface area contributed by atoms with Crippen molar-refractivity contribution in [3.05, 3.63) is 56.6 Å². The van der Waals surface area contributed by atoms with Crippen molar-refractivity contribution in [2.24, 2.45) is 7.05 Å². The van der Waals surface area contributed by atoms with E-state index >= 15 is 0 Å². The summed E-state index contributed by atoms with van der Waals surface area (Å²) in [4.78, 5) is 30.3. The fourth-order valence-corrected chi connectivity index (χ4v) is 3.32. The molecule has 0 aliphatic heterocycles. The largest absolute Gasteiger partial charge is 0.394 e. The number of nitrogens with zero attached hydrogens (tertiary/aromatic N) is 1. The molecule has 8 heteroatoms. The molecule has 1 heterocycles. The average Bonchev–Trinajstić information content (AvgIpc) is 3.11. The first kappa shape index (κ1) is 19.1. The number of halogens is 1. The van der Waals surface area contributed by atoms with Crippen molar-refractivity contribution in [2.75, 3.05) is 18.5 Å². The number of aryl methyl sites for hydroxylation is 1. The van der Waals surface area contributed by atoms with Gasteiger partial charge in [-0.05, 0) is 49.4 Å². The molecule has 0 unspecified atom stereocenters. The third kappa shape index (κ3) is 3.72. The maximum atomic E-state index is 14.3. The Labute approximate surface area is 155 Å². The summed E-state index contributed by atoms with van der Waals surface area (Å²) in [5.41, 5.74) is 4.50. The fraction of sp³-hybridized carbons (Fsp3) is 0.368. The summed E-state index contributed by atoms with van der Waals surface area (Å²) < 4.78 is 15.6. The van der Waals surface area contributed by atoms with Gasteiger partial charge >= 0.3 is 0 Å². The zero-order chi connectivity index (χ0) is 19.6. The SMILES string of the molecule is Cc1ccc(Nc2c(C(=O)NOCCO)c3c(c(=O)n2C)CCC3)c(F)c1. The molecule has 3 N–H and O–H groups in total. The number of anilines is 2. The molecule has 0 radical (unpaired) electrons. The van der Waals surface area contributed by atoms with E-state index in [0.717, 1.165) is 12.0 Å². The summed E-state index contributed by atoms with van der Waals surface area (Å²) in [5, 5.41) is 11.7. The topological polar surface area (TPSA) is 92.6 Å². The van der Waals surface area contributed by atoms with E-state index in [9.17, 15) is 14.0 Å². The van der Waals surface area contributed by atoms with Crippen LogP contribution in [0.1, 0.15) is 33.5 Å². The van der Waals surface area contributed by atoms with Gasteiger partial charge < -0.3 is 10.4 Å². The van der Waals surface area contributed by atoms with Crippen LogP contribution in [0, 0.1) is 12.7 Å². The highest BCUT2D eigenvalue weighted by molar-refractivity contribution is 6.01. The Morgan fingerprint density at radius 3 is 2.78 bits per heavy atom. The van der Waals surface area contributed by atoms with Crippen LogP contribution in [-0.4, -0.2) is 28.8 Å². The Bertz CT molecular complexity index is 940. The van der Waals surface area contributed by atoms with Crippen molar-refractivity contribution >= 4 is 17.4 Å². The van der Waals surface area contributed by atoms with Gasteiger partial charge in [0.15, 0.2) is 0 Å². The molecule has 1 aliphatic carbocycles. The predicted octanol–water partition coefficient (Wildman–Crippen LogP) is 1.72. The van der Waals surface area contributed by atoms with Gasteiger partial charge in [0.2, 0.25) is 0 Å². The minimum absolute atomic E-state index is 0.0605. The van der Waals surface area contributed by atoms with Crippen LogP contribution in [0.4, 0.5) is 15.9 Å². The first-order valence-corrected chi connectivity index (χ1v) is 8.75. The van der Waals surface area contributed by atoms with E-state index in [1.54, 1.807) is 26.1 Å². The molecule has 0 bridgehead atoms. The third-order valence-electron chi connectivity index (χ3n) is 4.62. The molecule has 0 saturated heterocycles. The molecular weight excluding hydrogens is 353 g/mol. The first-order chi connectivity index (χ1) is 12.9. The van der Waals surface area contributed by atoms with Gasteiger partial charge in [0.1, 0.15) is 11.6 Å². The van der Waals surface area contributed by atoms with Crippen LogP contribution in [0.15, 0.2) is 23.0 Å². The van der Waals surface area contributed by atoms with Crippen LogP contribution in [0.5, 0.6) is 0 Å². The van der Waals surface area contributed by atoms with Crippen molar-refractivity contribution in [3.63, 3.8) is 0 Å². The number of carbonyl (C=O) groups is 1. The van der Waals surface area contributed by atoms with E-state index in [4.69, 9.17) is 9.94 Å². The zero-order valence-corrected chi connectivity index (χ0v) is 15.3. The lowest BCUT2D eigenvalue weighted by Crippen LogP contribution is -2.32. The number of hydrogen-bond donors (Lipinski definition) is 3. The van der Waals surface area contributed by atoms with E-state index < -0.39 is 11.7 Å². The Morgan fingerprint density at radius 2 is 2.07 bits per heavy atom. The molecule has 1 aromatic heterocycles. The Morgan fingerprint density at radius 1 is 1.33 bits per heavy atom. The number of pyridine rings is 1. The average molecular weight is 375 g/mol. The summed E-state index contributed by atoms with van der Waals surface area (Å²) in [6, 6.07) is 4.67. The fourth-order valence-electron chi connectivity index (χ4n) is 3.32. The van der Waals surface area contributed by atoms with E-state index in [1.807, 2.05) is 0 Å². The van der Waals surface area contributed by atoms with Gasteiger partial charge in [-0.25, -0.2) is 9.87 Å². The van der Waals surface area contributed by atoms with Gasteiger partial charge in [-0.2, -0.15) is 0 Å². The second-order valence-corrected chi connectivity index (χ2v) is 6.51. The van der Waals surface area contributed by atoms with Gasteiger partial charge in [0, 0.05) is 12.6 Å². The number of benzene rings is 1.